The monoisotopic (exact) mass is 328 g/mol. The molecule has 0 saturated heterocycles. The number of ether oxygens (including phenoxy) is 3. The minimum atomic E-state index is -0.101. The molecule has 1 atom stereocenters. The van der Waals surface area contributed by atoms with E-state index in [1.807, 2.05) is 19.1 Å². The molecule has 0 aliphatic heterocycles. The SMILES string of the molecule is COc1cc([C@@H](C)C#Cc2cnc(N)nc2N)cc(OC)c1OC. The summed E-state index contributed by atoms with van der Waals surface area (Å²) in [6.07, 6.45) is 1.51. The normalized spacial score (nSPS) is 11.2. The minimum absolute atomic E-state index is 0.101. The lowest BCUT2D eigenvalue weighted by Gasteiger charge is -2.15. The van der Waals surface area contributed by atoms with Crippen molar-refractivity contribution in [1.82, 2.24) is 9.97 Å². The number of rotatable bonds is 4. The van der Waals surface area contributed by atoms with E-state index in [2.05, 4.69) is 21.8 Å². The van der Waals surface area contributed by atoms with Gasteiger partial charge in [0.05, 0.1) is 33.1 Å². The summed E-state index contributed by atoms with van der Waals surface area (Å²) in [5.74, 6) is 8.06. The first-order chi connectivity index (χ1) is 11.5. The second kappa shape index (κ2) is 7.42. The molecule has 2 rings (SSSR count). The third-order valence-corrected chi connectivity index (χ3v) is 3.45. The van der Waals surface area contributed by atoms with Gasteiger partial charge in [-0.15, -0.1) is 0 Å². The van der Waals surface area contributed by atoms with E-state index in [0.717, 1.165) is 5.56 Å². The topological polar surface area (TPSA) is 106 Å². The summed E-state index contributed by atoms with van der Waals surface area (Å²) in [4.78, 5) is 7.78. The number of methoxy groups -OCH3 is 3. The number of aromatic nitrogens is 2. The highest BCUT2D eigenvalue weighted by Crippen LogP contribution is 2.39. The van der Waals surface area contributed by atoms with E-state index in [1.165, 1.54) is 6.20 Å². The molecular weight excluding hydrogens is 308 g/mol. The van der Waals surface area contributed by atoms with Crippen molar-refractivity contribution in [2.75, 3.05) is 32.8 Å². The lowest BCUT2D eigenvalue weighted by Crippen LogP contribution is -2.01. The number of nitrogens with two attached hydrogens (primary N) is 2. The number of nitrogen functional groups attached to an aromatic ring is 2. The second-order valence-corrected chi connectivity index (χ2v) is 4.98. The fourth-order valence-electron chi connectivity index (χ4n) is 2.13. The molecule has 4 N–H and O–H groups in total. The molecule has 2 aromatic rings. The Bertz CT molecular complexity index is 771. The minimum Gasteiger partial charge on any atom is -0.493 e. The van der Waals surface area contributed by atoms with E-state index >= 15 is 0 Å². The summed E-state index contributed by atoms with van der Waals surface area (Å²) in [5.41, 5.74) is 12.7. The van der Waals surface area contributed by atoms with E-state index in [1.54, 1.807) is 21.3 Å². The molecular formula is C17H20N4O3. The van der Waals surface area contributed by atoms with Gasteiger partial charge in [0.25, 0.3) is 0 Å². The number of hydrogen-bond donors (Lipinski definition) is 2. The van der Waals surface area contributed by atoms with Crippen LogP contribution in [0.3, 0.4) is 0 Å². The maximum Gasteiger partial charge on any atom is 0.221 e. The average molecular weight is 328 g/mol. The van der Waals surface area contributed by atoms with Crippen molar-refractivity contribution in [3.05, 3.63) is 29.5 Å². The lowest BCUT2D eigenvalue weighted by atomic mass is 10.00. The molecule has 7 nitrogen and oxygen atoms in total. The Kier molecular flexibility index (Phi) is 5.32. The summed E-state index contributed by atoms with van der Waals surface area (Å²) in [7, 11) is 4.71. The van der Waals surface area contributed by atoms with Gasteiger partial charge in [0, 0.05) is 5.92 Å². The van der Waals surface area contributed by atoms with Crippen LogP contribution >= 0.6 is 0 Å². The smallest absolute Gasteiger partial charge is 0.221 e. The third-order valence-electron chi connectivity index (χ3n) is 3.45. The van der Waals surface area contributed by atoms with Crippen molar-refractivity contribution in [3.8, 4) is 29.1 Å². The van der Waals surface area contributed by atoms with Crippen molar-refractivity contribution in [1.29, 1.82) is 0 Å². The Balaban J connectivity index is 2.37. The molecule has 1 heterocycles. The lowest BCUT2D eigenvalue weighted by molar-refractivity contribution is 0.323. The average Bonchev–Trinajstić information content (AvgIpc) is 2.59. The van der Waals surface area contributed by atoms with Crippen molar-refractivity contribution < 1.29 is 14.2 Å². The Morgan fingerprint density at radius 3 is 2.17 bits per heavy atom. The maximum atomic E-state index is 5.79. The van der Waals surface area contributed by atoms with Crippen LogP contribution in [-0.2, 0) is 0 Å². The molecule has 0 saturated carbocycles. The van der Waals surface area contributed by atoms with E-state index in [-0.39, 0.29) is 17.7 Å². The molecule has 0 radical (unpaired) electrons. The second-order valence-electron chi connectivity index (χ2n) is 4.98. The van der Waals surface area contributed by atoms with E-state index < -0.39 is 0 Å². The zero-order chi connectivity index (χ0) is 17.7. The Hall–Kier alpha value is -3.14. The van der Waals surface area contributed by atoms with E-state index in [9.17, 15) is 0 Å². The predicted molar refractivity (Wildman–Crippen MR) is 92.2 cm³/mol. The van der Waals surface area contributed by atoms with Gasteiger partial charge in [-0.3, -0.25) is 0 Å². The van der Waals surface area contributed by atoms with Crippen LogP contribution in [0.5, 0.6) is 17.2 Å². The zero-order valence-electron chi connectivity index (χ0n) is 14.1. The summed E-state index contributed by atoms with van der Waals surface area (Å²) in [6, 6.07) is 3.73. The number of hydrogen-bond acceptors (Lipinski definition) is 7. The largest absolute Gasteiger partial charge is 0.493 e. The molecule has 0 fully saturated rings. The van der Waals surface area contributed by atoms with Crippen molar-refractivity contribution >= 4 is 11.8 Å². The van der Waals surface area contributed by atoms with Crippen LogP contribution in [0, 0.1) is 11.8 Å². The molecule has 0 amide bonds. The Morgan fingerprint density at radius 2 is 1.67 bits per heavy atom. The molecule has 24 heavy (non-hydrogen) atoms. The van der Waals surface area contributed by atoms with Crippen LogP contribution in [0.2, 0.25) is 0 Å². The fourth-order valence-corrected chi connectivity index (χ4v) is 2.13. The standard InChI is InChI=1S/C17H20N4O3/c1-10(5-6-11-9-20-17(19)21-16(11)18)12-7-13(22-2)15(24-4)14(8-12)23-3/h7-10H,1-4H3,(H4,18,19,20,21)/t10-/m0/s1. The van der Waals surface area contributed by atoms with Crippen molar-refractivity contribution in [3.63, 3.8) is 0 Å². The van der Waals surface area contributed by atoms with Crippen LogP contribution in [0.4, 0.5) is 11.8 Å². The van der Waals surface area contributed by atoms with Gasteiger partial charge in [-0.2, -0.15) is 4.98 Å². The van der Waals surface area contributed by atoms with Gasteiger partial charge in [-0.05, 0) is 24.6 Å². The van der Waals surface area contributed by atoms with E-state index in [4.69, 9.17) is 25.7 Å². The van der Waals surface area contributed by atoms with Gasteiger partial charge in [0.1, 0.15) is 5.82 Å². The van der Waals surface area contributed by atoms with Gasteiger partial charge in [0.2, 0.25) is 11.7 Å². The molecule has 0 unspecified atom stereocenters. The Labute approximate surface area is 141 Å². The summed E-state index contributed by atoms with van der Waals surface area (Å²) in [6.45, 7) is 1.96. The van der Waals surface area contributed by atoms with Gasteiger partial charge in [-0.1, -0.05) is 11.8 Å². The Morgan fingerprint density at radius 1 is 1.04 bits per heavy atom. The number of anilines is 2. The summed E-state index contributed by atoms with van der Waals surface area (Å²) >= 11 is 0. The van der Waals surface area contributed by atoms with Gasteiger partial charge in [0.15, 0.2) is 11.5 Å². The first-order valence-electron chi connectivity index (χ1n) is 7.19. The van der Waals surface area contributed by atoms with Crippen LogP contribution in [0.25, 0.3) is 0 Å². The predicted octanol–water partition coefficient (Wildman–Crippen LogP) is 1.82. The molecule has 0 bridgehead atoms. The summed E-state index contributed by atoms with van der Waals surface area (Å²) < 4.78 is 16.0. The maximum absolute atomic E-state index is 5.79. The van der Waals surface area contributed by atoms with Gasteiger partial charge >= 0.3 is 0 Å². The molecule has 7 heteroatoms. The van der Waals surface area contributed by atoms with Gasteiger partial charge in [-0.25, -0.2) is 4.98 Å². The van der Waals surface area contributed by atoms with Crippen LogP contribution in [0.15, 0.2) is 18.3 Å². The number of nitrogens with zero attached hydrogens (tertiary/aromatic N) is 2. The van der Waals surface area contributed by atoms with Crippen LogP contribution in [-0.4, -0.2) is 31.3 Å². The first kappa shape index (κ1) is 17.2. The molecule has 126 valence electrons. The quantitative estimate of drug-likeness (QED) is 0.825. The molecule has 1 aromatic carbocycles. The highest BCUT2D eigenvalue weighted by Gasteiger charge is 2.15. The van der Waals surface area contributed by atoms with Crippen molar-refractivity contribution in [2.45, 2.75) is 12.8 Å². The molecule has 1 aromatic heterocycles. The highest BCUT2D eigenvalue weighted by atomic mass is 16.5. The first-order valence-corrected chi connectivity index (χ1v) is 7.19. The molecule has 0 aliphatic rings. The fraction of sp³-hybridized carbons (Fsp3) is 0.294. The number of benzene rings is 1. The summed E-state index contributed by atoms with van der Waals surface area (Å²) in [5, 5.41) is 0. The third kappa shape index (κ3) is 3.60. The van der Waals surface area contributed by atoms with Crippen LogP contribution < -0.4 is 25.7 Å². The van der Waals surface area contributed by atoms with Crippen LogP contribution in [0.1, 0.15) is 24.0 Å². The van der Waals surface area contributed by atoms with Gasteiger partial charge < -0.3 is 25.7 Å². The van der Waals surface area contributed by atoms with E-state index in [0.29, 0.717) is 22.8 Å². The molecule has 0 aliphatic carbocycles. The zero-order valence-corrected chi connectivity index (χ0v) is 14.1. The highest BCUT2D eigenvalue weighted by molar-refractivity contribution is 5.56. The van der Waals surface area contributed by atoms with Crippen molar-refractivity contribution in [2.24, 2.45) is 0 Å². The molecule has 0 spiro atoms.